The van der Waals surface area contributed by atoms with E-state index in [0.29, 0.717) is 11.6 Å². The van der Waals surface area contributed by atoms with Crippen LogP contribution >= 0.6 is 0 Å². The van der Waals surface area contributed by atoms with Gasteiger partial charge in [-0.1, -0.05) is 0 Å². The minimum Gasteiger partial charge on any atom is -0.342 e. The molecular weight excluding hydrogens is 280 g/mol. The molecule has 22 heavy (non-hydrogen) atoms. The maximum absolute atomic E-state index is 11.5. The van der Waals surface area contributed by atoms with Crippen LogP contribution in [0.3, 0.4) is 0 Å². The average molecular weight is 298 g/mol. The summed E-state index contributed by atoms with van der Waals surface area (Å²) in [5.41, 5.74) is 0.927. The van der Waals surface area contributed by atoms with Crippen molar-refractivity contribution in [3.63, 3.8) is 0 Å². The fraction of sp³-hybridized carbons (Fsp3) is 0.400. The second-order valence-electron chi connectivity index (χ2n) is 5.35. The lowest BCUT2D eigenvalue weighted by atomic mass is 9.95. The van der Waals surface area contributed by atoms with Gasteiger partial charge in [0.05, 0.1) is 24.3 Å². The molecule has 3 heterocycles. The second kappa shape index (κ2) is 6.46. The standard InChI is InChI=1S/C15H18N6O/c1-11(22)21-6-2-3-12(10-21)13-7-19-15(9-18-13)20-14-8-16-4-5-17-14/h4-5,7-9,12H,2-3,6,10H2,1H3,(H,17,19,20)/t12-/m1/s1. The van der Waals surface area contributed by atoms with Crippen molar-refractivity contribution in [1.29, 1.82) is 0 Å². The predicted octanol–water partition coefficient (Wildman–Crippen LogP) is 1.74. The average Bonchev–Trinajstić information content (AvgIpc) is 2.56. The van der Waals surface area contributed by atoms with E-state index in [1.807, 2.05) is 4.90 Å². The molecule has 3 rings (SSSR count). The monoisotopic (exact) mass is 298 g/mol. The van der Waals surface area contributed by atoms with Crippen LogP contribution in [-0.2, 0) is 4.79 Å². The molecule has 7 heteroatoms. The van der Waals surface area contributed by atoms with Crippen molar-refractivity contribution in [2.24, 2.45) is 0 Å². The number of carbonyl (C=O) groups excluding carboxylic acids is 1. The van der Waals surface area contributed by atoms with Crippen LogP contribution in [0.5, 0.6) is 0 Å². The van der Waals surface area contributed by atoms with Crippen LogP contribution in [0, 0.1) is 0 Å². The number of hydrogen-bond donors (Lipinski definition) is 1. The van der Waals surface area contributed by atoms with E-state index < -0.39 is 0 Å². The van der Waals surface area contributed by atoms with Crippen LogP contribution in [0.4, 0.5) is 11.6 Å². The molecule has 1 N–H and O–H groups in total. The number of hydrogen-bond acceptors (Lipinski definition) is 6. The molecule has 0 bridgehead atoms. The van der Waals surface area contributed by atoms with Gasteiger partial charge in [0.15, 0.2) is 0 Å². The lowest BCUT2D eigenvalue weighted by molar-refractivity contribution is -0.130. The number of anilines is 2. The van der Waals surface area contributed by atoms with Gasteiger partial charge in [0.25, 0.3) is 0 Å². The van der Waals surface area contributed by atoms with Gasteiger partial charge in [0, 0.05) is 38.3 Å². The van der Waals surface area contributed by atoms with Gasteiger partial charge in [-0.05, 0) is 12.8 Å². The fourth-order valence-electron chi connectivity index (χ4n) is 2.61. The Bertz CT molecular complexity index is 630. The molecule has 2 aromatic rings. The molecule has 114 valence electrons. The van der Waals surface area contributed by atoms with Gasteiger partial charge in [-0.25, -0.2) is 9.97 Å². The normalized spacial score (nSPS) is 18.0. The van der Waals surface area contributed by atoms with Crippen LogP contribution < -0.4 is 5.32 Å². The van der Waals surface area contributed by atoms with Gasteiger partial charge in [-0.15, -0.1) is 0 Å². The molecule has 1 aliphatic heterocycles. The third-order valence-electron chi connectivity index (χ3n) is 3.78. The van der Waals surface area contributed by atoms with E-state index in [9.17, 15) is 4.79 Å². The molecule has 0 aliphatic carbocycles. The Morgan fingerprint density at radius 2 is 2.05 bits per heavy atom. The molecule has 1 fully saturated rings. The van der Waals surface area contributed by atoms with E-state index in [4.69, 9.17) is 0 Å². The summed E-state index contributed by atoms with van der Waals surface area (Å²) < 4.78 is 0. The zero-order valence-corrected chi connectivity index (χ0v) is 12.4. The summed E-state index contributed by atoms with van der Waals surface area (Å²) in [4.78, 5) is 30.3. The van der Waals surface area contributed by atoms with Gasteiger partial charge in [-0.3, -0.25) is 14.8 Å². The van der Waals surface area contributed by atoms with E-state index >= 15 is 0 Å². The first-order valence-corrected chi connectivity index (χ1v) is 7.33. The van der Waals surface area contributed by atoms with Crippen molar-refractivity contribution in [3.8, 4) is 0 Å². The minimum atomic E-state index is 0.124. The summed E-state index contributed by atoms with van der Waals surface area (Å²) in [5.74, 6) is 1.64. The van der Waals surface area contributed by atoms with Crippen molar-refractivity contribution < 1.29 is 4.79 Å². The number of rotatable bonds is 3. The molecule has 1 amide bonds. The minimum absolute atomic E-state index is 0.124. The van der Waals surface area contributed by atoms with Crippen molar-refractivity contribution in [1.82, 2.24) is 24.8 Å². The van der Waals surface area contributed by atoms with Crippen LogP contribution in [0.15, 0.2) is 31.0 Å². The van der Waals surface area contributed by atoms with Crippen LogP contribution in [0.2, 0.25) is 0 Å². The first-order chi connectivity index (χ1) is 10.7. The van der Waals surface area contributed by atoms with E-state index in [1.165, 1.54) is 0 Å². The highest BCUT2D eigenvalue weighted by molar-refractivity contribution is 5.73. The summed E-state index contributed by atoms with van der Waals surface area (Å²) >= 11 is 0. The van der Waals surface area contributed by atoms with Gasteiger partial charge in [0.2, 0.25) is 5.91 Å². The Labute approximate surface area is 128 Å². The lowest BCUT2D eigenvalue weighted by Gasteiger charge is -2.31. The Morgan fingerprint density at radius 3 is 2.73 bits per heavy atom. The molecule has 0 spiro atoms. The van der Waals surface area contributed by atoms with Gasteiger partial charge >= 0.3 is 0 Å². The molecule has 1 saturated heterocycles. The number of piperidine rings is 1. The summed E-state index contributed by atoms with van der Waals surface area (Å²) in [6, 6.07) is 0. The topological polar surface area (TPSA) is 83.9 Å². The largest absolute Gasteiger partial charge is 0.342 e. The summed E-state index contributed by atoms with van der Waals surface area (Å²) in [7, 11) is 0. The highest BCUT2D eigenvalue weighted by Crippen LogP contribution is 2.25. The smallest absolute Gasteiger partial charge is 0.219 e. The third-order valence-corrected chi connectivity index (χ3v) is 3.78. The Morgan fingerprint density at radius 1 is 1.18 bits per heavy atom. The van der Waals surface area contributed by atoms with Crippen LogP contribution in [0.1, 0.15) is 31.4 Å². The number of carbonyl (C=O) groups is 1. The Hall–Kier alpha value is -2.57. The molecule has 0 saturated carbocycles. The van der Waals surface area contributed by atoms with E-state index in [0.717, 1.165) is 31.6 Å². The molecule has 1 atom stereocenters. The van der Waals surface area contributed by atoms with Crippen molar-refractivity contribution in [2.45, 2.75) is 25.7 Å². The fourth-order valence-corrected chi connectivity index (χ4v) is 2.61. The van der Waals surface area contributed by atoms with E-state index in [2.05, 4.69) is 25.3 Å². The van der Waals surface area contributed by atoms with Gasteiger partial charge in [0.1, 0.15) is 11.6 Å². The molecule has 0 aromatic carbocycles. The number of nitrogens with one attached hydrogen (secondary N) is 1. The quantitative estimate of drug-likeness (QED) is 0.929. The summed E-state index contributed by atoms with van der Waals surface area (Å²) in [6.45, 7) is 3.18. The predicted molar refractivity (Wildman–Crippen MR) is 81.6 cm³/mol. The molecule has 0 radical (unpaired) electrons. The first-order valence-electron chi connectivity index (χ1n) is 7.33. The lowest BCUT2D eigenvalue weighted by Crippen LogP contribution is -2.37. The second-order valence-corrected chi connectivity index (χ2v) is 5.35. The molecule has 2 aromatic heterocycles. The van der Waals surface area contributed by atoms with Crippen molar-refractivity contribution in [2.75, 3.05) is 18.4 Å². The molecular formula is C15H18N6O. The number of likely N-dealkylation sites (tertiary alicyclic amines) is 1. The highest BCUT2D eigenvalue weighted by Gasteiger charge is 2.23. The molecule has 7 nitrogen and oxygen atoms in total. The Kier molecular flexibility index (Phi) is 4.22. The number of nitrogens with zero attached hydrogens (tertiary/aromatic N) is 5. The van der Waals surface area contributed by atoms with Gasteiger partial charge in [-0.2, -0.15) is 0 Å². The zero-order chi connectivity index (χ0) is 15.4. The van der Waals surface area contributed by atoms with Crippen molar-refractivity contribution in [3.05, 3.63) is 36.7 Å². The SMILES string of the molecule is CC(=O)N1CCC[C@@H](c2cnc(Nc3cnccn3)cn2)C1. The first kappa shape index (κ1) is 14.4. The maximum atomic E-state index is 11.5. The van der Waals surface area contributed by atoms with E-state index in [-0.39, 0.29) is 11.8 Å². The molecule has 0 unspecified atom stereocenters. The van der Waals surface area contributed by atoms with Crippen molar-refractivity contribution >= 4 is 17.5 Å². The molecule has 1 aliphatic rings. The summed E-state index contributed by atoms with van der Waals surface area (Å²) in [6.07, 6.45) is 10.4. The third kappa shape index (κ3) is 3.36. The summed E-state index contributed by atoms with van der Waals surface area (Å²) in [5, 5.41) is 3.05. The number of amides is 1. The van der Waals surface area contributed by atoms with E-state index in [1.54, 1.807) is 37.9 Å². The highest BCUT2D eigenvalue weighted by atomic mass is 16.2. The van der Waals surface area contributed by atoms with Crippen LogP contribution in [-0.4, -0.2) is 43.8 Å². The zero-order valence-electron chi connectivity index (χ0n) is 12.4. The maximum Gasteiger partial charge on any atom is 0.219 e. The number of aromatic nitrogens is 4. The van der Waals surface area contributed by atoms with Crippen LogP contribution in [0.25, 0.3) is 0 Å². The van der Waals surface area contributed by atoms with Gasteiger partial charge < -0.3 is 10.2 Å². The Balaban J connectivity index is 1.67.